The molecule has 3 N–H and O–H groups in total. The minimum absolute atomic E-state index is 0.126. The van der Waals surface area contributed by atoms with Crippen LogP contribution in [0.15, 0.2) is 24.3 Å². The first-order chi connectivity index (χ1) is 10.2. The molecule has 2 rings (SSSR count). The molecule has 0 amide bonds. The van der Waals surface area contributed by atoms with E-state index in [2.05, 4.69) is 9.62 Å². The highest BCUT2D eigenvalue weighted by molar-refractivity contribution is 7.87. The van der Waals surface area contributed by atoms with E-state index in [0.29, 0.717) is 18.2 Å². The first-order valence-corrected chi connectivity index (χ1v) is 9.00. The molecule has 124 valence electrons. The van der Waals surface area contributed by atoms with Crippen molar-refractivity contribution in [2.45, 2.75) is 25.5 Å². The normalized spacial score (nSPS) is 20.7. The van der Waals surface area contributed by atoms with Crippen molar-refractivity contribution in [3.8, 4) is 0 Å². The fraction of sp³-hybridized carbons (Fsp3) is 0.571. The van der Waals surface area contributed by atoms with Gasteiger partial charge in [-0.3, -0.25) is 4.90 Å². The fourth-order valence-corrected chi connectivity index (χ4v) is 3.17. The zero-order valence-corrected chi connectivity index (χ0v) is 14.3. The van der Waals surface area contributed by atoms with Gasteiger partial charge in [0.05, 0.1) is 12.2 Å². The van der Waals surface area contributed by atoms with Crippen LogP contribution in [0.3, 0.4) is 0 Å². The van der Waals surface area contributed by atoms with E-state index in [1.807, 2.05) is 26.0 Å². The lowest BCUT2D eigenvalue weighted by molar-refractivity contribution is -0.0970. The van der Waals surface area contributed by atoms with E-state index in [9.17, 15) is 8.42 Å². The zero-order chi connectivity index (χ0) is 16.4. The molecule has 1 aromatic rings. The number of rotatable bonds is 5. The van der Waals surface area contributed by atoms with Crippen molar-refractivity contribution in [1.82, 2.24) is 9.62 Å². The topological polar surface area (TPSA) is 84.7 Å². The summed E-state index contributed by atoms with van der Waals surface area (Å²) in [5, 5.41) is 5.71. The maximum absolute atomic E-state index is 11.2. The molecule has 1 fully saturated rings. The fourth-order valence-electron chi connectivity index (χ4n) is 2.66. The van der Waals surface area contributed by atoms with Crippen molar-refractivity contribution in [3.05, 3.63) is 34.9 Å². The molecule has 1 saturated heterocycles. The first kappa shape index (κ1) is 17.7. The van der Waals surface area contributed by atoms with E-state index in [4.69, 9.17) is 21.5 Å². The molecule has 0 spiro atoms. The van der Waals surface area contributed by atoms with Gasteiger partial charge in [0.15, 0.2) is 0 Å². The van der Waals surface area contributed by atoms with Gasteiger partial charge in [-0.15, -0.1) is 0 Å². The van der Waals surface area contributed by atoms with Crippen LogP contribution in [-0.4, -0.2) is 45.2 Å². The van der Waals surface area contributed by atoms with Crippen molar-refractivity contribution >= 4 is 21.8 Å². The van der Waals surface area contributed by atoms with Gasteiger partial charge in [0, 0.05) is 30.7 Å². The molecule has 1 aliphatic heterocycles. The molecule has 1 atom stereocenters. The highest BCUT2D eigenvalue weighted by atomic mass is 35.5. The Kier molecular flexibility index (Phi) is 5.47. The maximum atomic E-state index is 11.2. The average molecular weight is 348 g/mol. The number of halogens is 1. The molecule has 22 heavy (non-hydrogen) atoms. The number of ether oxygens (including phenoxy) is 1. The van der Waals surface area contributed by atoms with Gasteiger partial charge in [-0.1, -0.05) is 23.7 Å². The minimum atomic E-state index is -3.74. The molecule has 6 nitrogen and oxygen atoms in total. The quantitative estimate of drug-likeness (QED) is 0.840. The number of morpholine rings is 1. The van der Waals surface area contributed by atoms with Gasteiger partial charge < -0.3 is 4.74 Å². The number of hydrogen-bond donors (Lipinski definition) is 2. The third-order valence-electron chi connectivity index (χ3n) is 3.63. The molecular weight excluding hydrogens is 326 g/mol. The summed E-state index contributed by atoms with van der Waals surface area (Å²) in [6.07, 6.45) is 0. The summed E-state index contributed by atoms with van der Waals surface area (Å²) >= 11 is 5.93. The number of nitrogens with two attached hydrogens (primary N) is 1. The Hall–Kier alpha value is -0.700. The van der Waals surface area contributed by atoms with E-state index in [0.717, 1.165) is 12.1 Å². The molecule has 8 heteroatoms. The molecule has 1 aliphatic rings. The molecule has 1 heterocycles. The van der Waals surface area contributed by atoms with Gasteiger partial charge in [0.1, 0.15) is 0 Å². The molecule has 0 radical (unpaired) electrons. The van der Waals surface area contributed by atoms with Crippen LogP contribution in [0.25, 0.3) is 0 Å². The minimum Gasteiger partial charge on any atom is -0.373 e. The summed E-state index contributed by atoms with van der Waals surface area (Å²) in [5.41, 5.74) is 0.711. The van der Waals surface area contributed by atoms with Crippen molar-refractivity contribution in [2.75, 3.05) is 26.2 Å². The Labute approximate surface area is 136 Å². The Morgan fingerprint density at radius 2 is 2.05 bits per heavy atom. The van der Waals surface area contributed by atoms with Gasteiger partial charge >= 0.3 is 0 Å². The van der Waals surface area contributed by atoms with E-state index >= 15 is 0 Å². The summed E-state index contributed by atoms with van der Waals surface area (Å²) in [6, 6.07) is 7.28. The SMILES string of the molecule is CC1(C)CN(C(CNS(N)(=O)=O)c2ccc(Cl)cc2)CCO1. The van der Waals surface area contributed by atoms with Crippen molar-refractivity contribution in [3.63, 3.8) is 0 Å². The third kappa shape index (κ3) is 5.19. The number of nitrogens with one attached hydrogen (secondary N) is 1. The zero-order valence-electron chi connectivity index (χ0n) is 12.8. The average Bonchev–Trinajstić information content (AvgIpc) is 2.38. The number of hydrogen-bond acceptors (Lipinski definition) is 4. The van der Waals surface area contributed by atoms with E-state index in [1.54, 1.807) is 12.1 Å². The lowest BCUT2D eigenvalue weighted by Gasteiger charge is -2.42. The van der Waals surface area contributed by atoms with Crippen molar-refractivity contribution in [1.29, 1.82) is 0 Å². The molecule has 1 unspecified atom stereocenters. The van der Waals surface area contributed by atoms with Gasteiger partial charge in [-0.25, -0.2) is 9.86 Å². The van der Waals surface area contributed by atoms with E-state index in [1.165, 1.54) is 0 Å². The van der Waals surface area contributed by atoms with Crippen LogP contribution < -0.4 is 9.86 Å². The second-order valence-electron chi connectivity index (χ2n) is 6.04. The largest absolute Gasteiger partial charge is 0.373 e. The molecular formula is C14H22ClN3O3S. The summed E-state index contributed by atoms with van der Waals surface area (Å²) < 4.78 is 30.6. The smallest absolute Gasteiger partial charge is 0.274 e. The first-order valence-electron chi connectivity index (χ1n) is 7.07. The van der Waals surface area contributed by atoms with Crippen molar-refractivity contribution in [2.24, 2.45) is 5.14 Å². The van der Waals surface area contributed by atoms with Gasteiger partial charge in [0.2, 0.25) is 0 Å². The summed E-state index contributed by atoms with van der Waals surface area (Å²) in [7, 11) is -3.74. The van der Waals surface area contributed by atoms with E-state index in [-0.39, 0.29) is 18.2 Å². The van der Waals surface area contributed by atoms with Crippen LogP contribution in [-0.2, 0) is 14.9 Å². The highest BCUT2D eigenvalue weighted by Gasteiger charge is 2.32. The molecule has 0 aromatic heterocycles. The van der Waals surface area contributed by atoms with Crippen molar-refractivity contribution < 1.29 is 13.2 Å². The second kappa shape index (κ2) is 6.82. The monoisotopic (exact) mass is 347 g/mol. The summed E-state index contributed by atoms with van der Waals surface area (Å²) in [5.74, 6) is 0. The van der Waals surface area contributed by atoms with Crippen LogP contribution in [0.4, 0.5) is 0 Å². The predicted molar refractivity (Wildman–Crippen MR) is 86.9 cm³/mol. The molecule has 0 saturated carbocycles. The lowest BCUT2D eigenvalue weighted by Crippen LogP contribution is -2.51. The number of nitrogens with zero attached hydrogens (tertiary/aromatic N) is 1. The van der Waals surface area contributed by atoms with Gasteiger partial charge in [-0.05, 0) is 31.5 Å². The number of benzene rings is 1. The van der Waals surface area contributed by atoms with Gasteiger partial charge in [-0.2, -0.15) is 8.42 Å². The summed E-state index contributed by atoms with van der Waals surface area (Å²) in [4.78, 5) is 2.20. The molecule has 0 aliphatic carbocycles. The Morgan fingerprint density at radius 1 is 1.41 bits per heavy atom. The van der Waals surface area contributed by atoms with Crippen LogP contribution in [0.5, 0.6) is 0 Å². The Bertz CT molecular complexity index is 604. The Morgan fingerprint density at radius 3 is 2.59 bits per heavy atom. The van der Waals surface area contributed by atoms with Crippen LogP contribution in [0.2, 0.25) is 5.02 Å². The molecule has 0 bridgehead atoms. The Balaban J connectivity index is 2.22. The van der Waals surface area contributed by atoms with E-state index < -0.39 is 10.2 Å². The maximum Gasteiger partial charge on any atom is 0.274 e. The van der Waals surface area contributed by atoms with Crippen LogP contribution in [0, 0.1) is 0 Å². The lowest BCUT2D eigenvalue weighted by atomic mass is 10.0. The molecule has 1 aromatic carbocycles. The summed E-state index contributed by atoms with van der Waals surface area (Å²) in [6.45, 7) is 6.27. The standard InChI is InChI=1S/C14H22ClN3O3S/c1-14(2)10-18(7-8-21-14)13(9-17-22(16,19)20)11-3-5-12(15)6-4-11/h3-6,13,17H,7-10H2,1-2H3,(H2,16,19,20). The van der Waals surface area contributed by atoms with Crippen LogP contribution >= 0.6 is 11.6 Å². The second-order valence-corrected chi connectivity index (χ2v) is 7.85. The van der Waals surface area contributed by atoms with Gasteiger partial charge in [0.25, 0.3) is 10.2 Å². The third-order valence-corrected chi connectivity index (χ3v) is 4.45. The predicted octanol–water partition coefficient (Wildman–Crippen LogP) is 1.29. The van der Waals surface area contributed by atoms with Crippen LogP contribution in [0.1, 0.15) is 25.5 Å². The highest BCUT2D eigenvalue weighted by Crippen LogP contribution is 2.27.